The highest BCUT2D eigenvalue weighted by Gasteiger charge is 2.33. The molecule has 1 aromatic heterocycles. The van der Waals surface area contributed by atoms with Gasteiger partial charge in [0.15, 0.2) is 0 Å². The van der Waals surface area contributed by atoms with Crippen LogP contribution in [0.5, 0.6) is 0 Å². The maximum Gasteiger partial charge on any atom is 0.0716 e. The number of nitrogens with zero attached hydrogens (tertiary/aromatic N) is 3. The Morgan fingerprint density at radius 1 is 1.42 bits per heavy atom. The molecule has 104 valence electrons. The molecular formula is C16H25N3. The quantitative estimate of drug-likeness (QED) is 0.802. The molecule has 0 bridgehead atoms. The summed E-state index contributed by atoms with van der Waals surface area (Å²) in [5.41, 5.74) is 4.02. The third kappa shape index (κ3) is 2.54. The summed E-state index contributed by atoms with van der Waals surface area (Å²) >= 11 is 0. The molecule has 3 heteroatoms. The fourth-order valence-corrected chi connectivity index (χ4v) is 3.12. The van der Waals surface area contributed by atoms with E-state index in [1.165, 1.54) is 23.4 Å². The van der Waals surface area contributed by atoms with Crippen LogP contribution in [0.25, 0.3) is 0 Å². The SMILES string of the molecule is CC(C)n1nc(C(C)(C)C)c2c1CCCC2CC#N. The Bertz CT molecular complexity index is 497. The van der Waals surface area contributed by atoms with Crippen molar-refractivity contribution < 1.29 is 0 Å². The molecule has 1 heterocycles. The Kier molecular flexibility index (Phi) is 3.71. The van der Waals surface area contributed by atoms with E-state index in [9.17, 15) is 0 Å². The van der Waals surface area contributed by atoms with E-state index in [-0.39, 0.29) is 5.41 Å². The Morgan fingerprint density at radius 3 is 2.63 bits per heavy atom. The lowest BCUT2D eigenvalue weighted by Crippen LogP contribution is -2.18. The Labute approximate surface area is 116 Å². The predicted octanol–water partition coefficient (Wildman–Crippen LogP) is 4.10. The Hall–Kier alpha value is -1.30. The van der Waals surface area contributed by atoms with Gasteiger partial charge in [0.05, 0.1) is 11.8 Å². The van der Waals surface area contributed by atoms with Gasteiger partial charge in [-0.2, -0.15) is 10.4 Å². The summed E-state index contributed by atoms with van der Waals surface area (Å²) in [6.45, 7) is 11.0. The van der Waals surface area contributed by atoms with Crippen molar-refractivity contribution in [2.75, 3.05) is 0 Å². The Balaban J connectivity index is 2.60. The van der Waals surface area contributed by atoms with Crippen molar-refractivity contribution in [2.24, 2.45) is 0 Å². The maximum absolute atomic E-state index is 9.08. The second-order valence-corrected chi connectivity index (χ2v) is 6.95. The molecule has 1 unspecified atom stereocenters. The molecule has 2 rings (SSSR count). The van der Waals surface area contributed by atoms with Crippen LogP contribution >= 0.6 is 0 Å². The third-order valence-corrected chi connectivity index (χ3v) is 3.96. The topological polar surface area (TPSA) is 41.6 Å². The molecule has 0 aromatic carbocycles. The number of fused-ring (bicyclic) bond motifs is 1. The van der Waals surface area contributed by atoms with Gasteiger partial charge in [0.1, 0.15) is 0 Å². The zero-order valence-electron chi connectivity index (χ0n) is 12.8. The van der Waals surface area contributed by atoms with Crippen molar-refractivity contribution in [1.82, 2.24) is 9.78 Å². The van der Waals surface area contributed by atoms with Gasteiger partial charge in [-0.1, -0.05) is 20.8 Å². The molecule has 0 N–H and O–H groups in total. The minimum absolute atomic E-state index is 0.0509. The molecule has 3 nitrogen and oxygen atoms in total. The normalized spacial score (nSPS) is 19.3. The van der Waals surface area contributed by atoms with E-state index < -0.39 is 0 Å². The molecular weight excluding hydrogens is 234 g/mol. The molecule has 0 radical (unpaired) electrons. The number of nitriles is 1. The molecule has 19 heavy (non-hydrogen) atoms. The fraction of sp³-hybridized carbons (Fsp3) is 0.750. The lowest BCUT2D eigenvalue weighted by molar-refractivity contribution is 0.473. The highest BCUT2D eigenvalue weighted by atomic mass is 15.3. The van der Waals surface area contributed by atoms with Crippen molar-refractivity contribution in [3.8, 4) is 6.07 Å². The molecule has 0 fully saturated rings. The van der Waals surface area contributed by atoms with Gasteiger partial charge in [0, 0.05) is 35.1 Å². The lowest BCUT2D eigenvalue weighted by atomic mass is 9.78. The van der Waals surface area contributed by atoms with Crippen LogP contribution in [0.15, 0.2) is 0 Å². The largest absolute Gasteiger partial charge is 0.267 e. The third-order valence-electron chi connectivity index (χ3n) is 3.96. The van der Waals surface area contributed by atoms with Crippen LogP contribution in [0.2, 0.25) is 0 Å². The Morgan fingerprint density at radius 2 is 2.11 bits per heavy atom. The zero-order chi connectivity index (χ0) is 14.2. The van der Waals surface area contributed by atoms with Gasteiger partial charge in [-0.3, -0.25) is 4.68 Å². The zero-order valence-corrected chi connectivity index (χ0v) is 12.8. The van der Waals surface area contributed by atoms with Crippen LogP contribution in [0.1, 0.15) is 82.8 Å². The van der Waals surface area contributed by atoms with Gasteiger partial charge in [0.2, 0.25) is 0 Å². The minimum atomic E-state index is 0.0509. The van der Waals surface area contributed by atoms with Crippen molar-refractivity contribution in [3.05, 3.63) is 17.0 Å². The van der Waals surface area contributed by atoms with E-state index >= 15 is 0 Å². The molecule has 0 amide bonds. The van der Waals surface area contributed by atoms with Crippen LogP contribution < -0.4 is 0 Å². The minimum Gasteiger partial charge on any atom is -0.267 e. The standard InChI is InChI=1S/C16H25N3/c1-11(2)19-13-8-6-7-12(9-10-17)14(13)15(18-19)16(3,4)5/h11-12H,6-9H2,1-5H3. The van der Waals surface area contributed by atoms with Crippen LogP contribution in [0.4, 0.5) is 0 Å². The average Bonchev–Trinajstić information content (AvgIpc) is 2.69. The molecule has 0 saturated carbocycles. The summed E-state index contributed by atoms with van der Waals surface area (Å²) in [7, 11) is 0. The van der Waals surface area contributed by atoms with Gasteiger partial charge < -0.3 is 0 Å². The first-order chi connectivity index (χ1) is 8.86. The van der Waals surface area contributed by atoms with Crippen molar-refractivity contribution in [3.63, 3.8) is 0 Å². The van der Waals surface area contributed by atoms with E-state index in [4.69, 9.17) is 10.4 Å². The summed E-state index contributed by atoms with van der Waals surface area (Å²) in [4.78, 5) is 0. The first-order valence-electron chi connectivity index (χ1n) is 7.35. The van der Waals surface area contributed by atoms with Crippen LogP contribution in [-0.2, 0) is 11.8 Å². The van der Waals surface area contributed by atoms with E-state index in [0.717, 1.165) is 12.8 Å². The van der Waals surface area contributed by atoms with Crippen molar-refractivity contribution in [2.45, 2.75) is 77.7 Å². The number of aromatic nitrogens is 2. The lowest BCUT2D eigenvalue weighted by Gasteiger charge is -2.26. The molecule has 1 atom stereocenters. The molecule has 0 saturated heterocycles. The molecule has 1 aromatic rings. The number of hydrogen-bond donors (Lipinski definition) is 0. The first-order valence-corrected chi connectivity index (χ1v) is 7.35. The van der Waals surface area contributed by atoms with E-state index in [0.29, 0.717) is 18.4 Å². The highest BCUT2D eigenvalue weighted by molar-refractivity contribution is 5.37. The van der Waals surface area contributed by atoms with Gasteiger partial charge in [-0.05, 0) is 33.1 Å². The van der Waals surface area contributed by atoms with Gasteiger partial charge in [-0.15, -0.1) is 0 Å². The first kappa shape index (κ1) is 14.1. The summed E-state index contributed by atoms with van der Waals surface area (Å²) in [5, 5.41) is 14.0. The van der Waals surface area contributed by atoms with Crippen molar-refractivity contribution >= 4 is 0 Å². The smallest absolute Gasteiger partial charge is 0.0716 e. The second-order valence-electron chi connectivity index (χ2n) is 6.95. The maximum atomic E-state index is 9.08. The average molecular weight is 259 g/mol. The summed E-state index contributed by atoms with van der Waals surface area (Å²) in [5.74, 6) is 0.385. The molecule has 0 spiro atoms. The van der Waals surface area contributed by atoms with Gasteiger partial charge >= 0.3 is 0 Å². The van der Waals surface area contributed by atoms with Crippen LogP contribution in [0.3, 0.4) is 0 Å². The van der Waals surface area contributed by atoms with Gasteiger partial charge in [-0.25, -0.2) is 0 Å². The predicted molar refractivity (Wildman–Crippen MR) is 77.2 cm³/mol. The van der Waals surface area contributed by atoms with E-state index in [1.807, 2.05) is 0 Å². The highest BCUT2D eigenvalue weighted by Crippen LogP contribution is 2.41. The van der Waals surface area contributed by atoms with Crippen LogP contribution in [-0.4, -0.2) is 9.78 Å². The second kappa shape index (κ2) is 5.00. The molecule has 1 aliphatic carbocycles. The number of rotatable bonds is 2. The fourth-order valence-electron chi connectivity index (χ4n) is 3.12. The summed E-state index contributed by atoms with van der Waals surface area (Å²) in [6, 6.07) is 2.75. The summed E-state index contributed by atoms with van der Waals surface area (Å²) < 4.78 is 2.19. The molecule has 0 aliphatic heterocycles. The number of hydrogen-bond acceptors (Lipinski definition) is 2. The van der Waals surface area contributed by atoms with E-state index in [2.05, 4.69) is 45.4 Å². The van der Waals surface area contributed by atoms with Gasteiger partial charge in [0.25, 0.3) is 0 Å². The van der Waals surface area contributed by atoms with Crippen molar-refractivity contribution in [1.29, 1.82) is 5.26 Å². The van der Waals surface area contributed by atoms with E-state index in [1.54, 1.807) is 0 Å². The monoisotopic (exact) mass is 259 g/mol. The summed E-state index contributed by atoms with van der Waals surface area (Å²) in [6.07, 6.45) is 4.05. The van der Waals surface area contributed by atoms with Crippen LogP contribution in [0, 0.1) is 11.3 Å². The molecule has 1 aliphatic rings.